The van der Waals surface area contributed by atoms with Crippen LogP contribution in [0.3, 0.4) is 0 Å². The minimum Gasteiger partial charge on any atom is -0.300 e. The van der Waals surface area contributed by atoms with Crippen molar-refractivity contribution < 1.29 is 35.8 Å². The second kappa shape index (κ2) is 9.11. The second-order valence-corrected chi connectivity index (χ2v) is 1.58. The summed E-state index contributed by atoms with van der Waals surface area (Å²) in [5.41, 5.74) is 0. The van der Waals surface area contributed by atoms with Crippen LogP contribution in [0.4, 0.5) is 0 Å². The van der Waals surface area contributed by atoms with Crippen molar-refractivity contribution in [1.82, 2.24) is 0 Å². The second-order valence-electron chi connectivity index (χ2n) is 1.58. The molecule has 0 aromatic heterocycles. The Balaban J connectivity index is -0.000000180. The normalized spacial score (nSPS) is 6.44. The summed E-state index contributed by atoms with van der Waals surface area (Å²) in [6.45, 7) is 2.81. The number of carbonyl (C=O) groups is 2. The molecule has 2 nitrogen and oxygen atoms in total. The number of hydrogen-bond donors (Lipinski definition) is 0. The van der Waals surface area contributed by atoms with Gasteiger partial charge in [-0.05, 0) is 13.8 Å². The van der Waals surface area contributed by atoms with E-state index in [0.29, 0.717) is 0 Å². The molecule has 3 radical (unpaired) electrons. The van der Waals surface area contributed by atoms with E-state index in [1.54, 1.807) is 0 Å². The number of ketones is 2. The topological polar surface area (TPSA) is 34.1 Å². The van der Waals surface area contributed by atoms with Gasteiger partial charge in [-0.25, -0.2) is 0 Å². The van der Waals surface area contributed by atoms with Crippen molar-refractivity contribution in [3.05, 3.63) is 0 Å². The molecule has 0 saturated carbocycles. The first-order valence-electron chi connectivity index (χ1n) is 2.12. The molecule has 0 saturated heterocycles. The number of carbonyl (C=O) groups excluding carboxylic acids is 2. The molecule has 0 aromatic carbocycles. The van der Waals surface area contributed by atoms with Crippen LogP contribution in [0.15, 0.2) is 0 Å². The summed E-state index contributed by atoms with van der Waals surface area (Å²) in [7, 11) is 0. The van der Waals surface area contributed by atoms with Crippen molar-refractivity contribution in [3.63, 3.8) is 0 Å². The molecule has 0 aliphatic heterocycles. The van der Waals surface area contributed by atoms with Crippen molar-refractivity contribution in [2.75, 3.05) is 0 Å². The van der Waals surface area contributed by atoms with Crippen molar-refractivity contribution in [1.29, 1.82) is 0 Å². The number of hydrogen-bond acceptors (Lipinski definition) is 2. The summed E-state index contributed by atoms with van der Waals surface area (Å²) in [5.74, 6) is -0.125. The average Bonchev–Trinajstić information content (AvgIpc) is 1.27. The summed E-state index contributed by atoms with van der Waals surface area (Å²) < 4.78 is 0. The Kier molecular flexibility index (Phi) is 16.8. The SMILES string of the molecule is CC(=O)CC(C)=O.[Bi].[Zr]. The number of Topliss-reactive ketones (excluding diaryl/α,β-unsaturated/α-hetero) is 2. The van der Waals surface area contributed by atoms with Gasteiger partial charge in [0.05, 0.1) is 6.42 Å². The molecule has 9 heavy (non-hydrogen) atoms. The standard InChI is InChI=1S/C5H8O2.Bi.Zr/c1-4(6)3-5(2)7;;/h3H2,1-2H3;;. The molecule has 0 aromatic rings. The monoisotopic (exact) mass is 399 g/mol. The average molecular weight is 400 g/mol. The van der Waals surface area contributed by atoms with E-state index in [1.807, 2.05) is 0 Å². The maximum atomic E-state index is 10.0. The molecule has 49 valence electrons. The summed E-state index contributed by atoms with van der Waals surface area (Å²) in [6, 6.07) is 0. The Morgan fingerprint density at radius 1 is 1.11 bits per heavy atom. The molecular weight excluding hydrogens is 392 g/mol. The van der Waals surface area contributed by atoms with Crippen molar-refractivity contribution in [3.8, 4) is 0 Å². The van der Waals surface area contributed by atoms with E-state index in [0.717, 1.165) is 0 Å². The largest absolute Gasteiger partial charge is 0.300 e. The van der Waals surface area contributed by atoms with Crippen LogP contribution < -0.4 is 0 Å². The molecule has 0 aliphatic rings. The Morgan fingerprint density at radius 3 is 1.33 bits per heavy atom. The quantitative estimate of drug-likeness (QED) is 0.490. The summed E-state index contributed by atoms with van der Waals surface area (Å²) in [6.07, 6.45) is 0.0833. The molecule has 0 atom stereocenters. The van der Waals surface area contributed by atoms with Crippen LogP contribution in [0.1, 0.15) is 20.3 Å². The van der Waals surface area contributed by atoms with E-state index in [1.165, 1.54) is 13.8 Å². The van der Waals surface area contributed by atoms with Gasteiger partial charge < -0.3 is 0 Å². The Morgan fingerprint density at radius 2 is 1.33 bits per heavy atom. The van der Waals surface area contributed by atoms with Crippen molar-refractivity contribution in [2.45, 2.75) is 20.3 Å². The Labute approximate surface area is 93.0 Å². The van der Waals surface area contributed by atoms with Gasteiger partial charge in [0.25, 0.3) is 0 Å². The third kappa shape index (κ3) is 17.6. The van der Waals surface area contributed by atoms with E-state index < -0.39 is 0 Å². The van der Waals surface area contributed by atoms with Gasteiger partial charge >= 0.3 is 0 Å². The fourth-order valence-electron chi connectivity index (χ4n) is 0.351. The van der Waals surface area contributed by atoms with Gasteiger partial charge in [0.15, 0.2) is 0 Å². The number of rotatable bonds is 2. The van der Waals surface area contributed by atoms with Crippen LogP contribution in [-0.4, -0.2) is 37.8 Å². The van der Waals surface area contributed by atoms with Crippen LogP contribution in [0.2, 0.25) is 0 Å². The van der Waals surface area contributed by atoms with Gasteiger partial charge in [-0.15, -0.1) is 0 Å². The van der Waals surface area contributed by atoms with Crippen LogP contribution in [0, 0.1) is 0 Å². The maximum absolute atomic E-state index is 10.0. The molecular formula is C5H8BiO2Zr. The smallest absolute Gasteiger partial charge is 0.137 e. The fraction of sp³-hybridized carbons (Fsp3) is 0.600. The summed E-state index contributed by atoms with van der Waals surface area (Å²) in [4.78, 5) is 20.1. The summed E-state index contributed by atoms with van der Waals surface area (Å²) >= 11 is 0. The zero-order valence-corrected chi connectivity index (χ0v) is 11.4. The van der Waals surface area contributed by atoms with Crippen LogP contribution in [0.5, 0.6) is 0 Å². The van der Waals surface area contributed by atoms with E-state index in [4.69, 9.17) is 0 Å². The van der Waals surface area contributed by atoms with Gasteiger partial charge in [-0.1, -0.05) is 0 Å². The Bertz CT molecular complexity index is 91.1. The molecule has 0 heterocycles. The first-order chi connectivity index (χ1) is 3.13. The van der Waals surface area contributed by atoms with Gasteiger partial charge in [-0.3, -0.25) is 9.59 Å². The van der Waals surface area contributed by atoms with Crippen molar-refractivity contribution >= 4 is 37.8 Å². The van der Waals surface area contributed by atoms with E-state index in [2.05, 4.69) is 0 Å². The predicted octanol–water partition coefficient (Wildman–Crippen LogP) is 0.171. The van der Waals surface area contributed by atoms with Gasteiger partial charge in [0.1, 0.15) is 11.6 Å². The molecule has 0 rings (SSSR count). The predicted molar refractivity (Wildman–Crippen MR) is 31.7 cm³/mol. The molecule has 0 bridgehead atoms. The third-order valence-corrected chi connectivity index (χ3v) is 0.498. The van der Waals surface area contributed by atoms with Crippen LogP contribution >= 0.6 is 0 Å². The van der Waals surface area contributed by atoms with Crippen LogP contribution in [-0.2, 0) is 35.8 Å². The Hall–Kier alpha value is 1.11. The molecule has 0 N–H and O–H groups in total. The zero-order chi connectivity index (χ0) is 5.86. The summed E-state index contributed by atoms with van der Waals surface area (Å²) in [5, 5.41) is 0. The molecule has 0 aliphatic carbocycles. The van der Waals surface area contributed by atoms with Gasteiger partial charge in [0.2, 0.25) is 0 Å². The minimum absolute atomic E-state index is 0. The molecule has 0 amide bonds. The van der Waals surface area contributed by atoms with Gasteiger partial charge in [0, 0.05) is 52.4 Å². The zero-order valence-electron chi connectivity index (χ0n) is 5.47. The van der Waals surface area contributed by atoms with Crippen molar-refractivity contribution in [2.24, 2.45) is 0 Å². The molecule has 0 fully saturated rings. The van der Waals surface area contributed by atoms with E-state index >= 15 is 0 Å². The van der Waals surface area contributed by atoms with E-state index in [-0.39, 0.29) is 70.4 Å². The van der Waals surface area contributed by atoms with Gasteiger partial charge in [-0.2, -0.15) is 0 Å². The maximum Gasteiger partial charge on any atom is 0.137 e. The minimum atomic E-state index is -0.0625. The first kappa shape index (κ1) is 16.6. The third-order valence-electron chi connectivity index (χ3n) is 0.498. The molecule has 0 unspecified atom stereocenters. The molecule has 4 heteroatoms. The van der Waals surface area contributed by atoms with Crippen LogP contribution in [0.25, 0.3) is 0 Å². The fourth-order valence-corrected chi connectivity index (χ4v) is 0.351. The molecule has 0 spiro atoms. The first-order valence-corrected chi connectivity index (χ1v) is 2.12. The van der Waals surface area contributed by atoms with E-state index in [9.17, 15) is 9.59 Å².